The summed E-state index contributed by atoms with van der Waals surface area (Å²) in [7, 11) is 0. The Hall–Kier alpha value is -2.23. The van der Waals surface area contributed by atoms with Gasteiger partial charge in [-0.05, 0) is 18.6 Å². The highest BCUT2D eigenvalue weighted by Gasteiger charge is 2.10. The molecule has 0 aromatic heterocycles. The van der Waals surface area contributed by atoms with Gasteiger partial charge >= 0.3 is 6.16 Å². The Morgan fingerprint density at radius 2 is 1.89 bits per heavy atom. The van der Waals surface area contributed by atoms with E-state index in [2.05, 4.69) is 0 Å². The van der Waals surface area contributed by atoms with E-state index in [-0.39, 0.29) is 5.75 Å². The third kappa shape index (κ3) is 2.53. The number of ether oxygens (including phenoxy) is 2. The van der Waals surface area contributed by atoms with Gasteiger partial charge in [0.25, 0.3) is 0 Å². The lowest BCUT2D eigenvalue weighted by Crippen LogP contribution is -2.11. The zero-order valence-electron chi connectivity index (χ0n) is 10.1. The second-order valence-electron chi connectivity index (χ2n) is 3.83. The zero-order chi connectivity index (χ0) is 13.0. The lowest BCUT2D eigenvalue weighted by Gasteiger charge is -2.08. The zero-order valence-corrected chi connectivity index (χ0v) is 10.1. The monoisotopic (exact) mass is 246 g/mol. The Kier molecular flexibility index (Phi) is 3.67. The number of phenolic OH excluding ortho intramolecular Hbond substituents is 1. The maximum atomic E-state index is 11.4. The van der Waals surface area contributed by atoms with Crippen molar-refractivity contribution in [3.8, 4) is 11.5 Å². The highest BCUT2D eigenvalue weighted by atomic mass is 16.7. The number of benzene rings is 2. The fourth-order valence-electron chi connectivity index (χ4n) is 1.65. The van der Waals surface area contributed by atoms with Gasteiger partial charge in [0.15, 0.2) is 0 Å². The molecule has 0 spiro atoms. The van der Waals surface area contributed by atoms with E-state index in [0.717, 1.165) is 6.42 Å². The van der Waals surface area contributed by atoms with E-state index in [1.165, 1.54) is 6.07 Å². The van der Waals surface area contributed by atoms with Crippen LogP contribution in [0.3, 0.4) is 0 Å². The number of carbonyl (C=O) groups is 1. The van der Waals surface area contributed by atoms with Crippen molar-refractivity contribution in [3.05, 3.63) is 36.4 Å². The van der Waals surface area contributed by atoms with Gasteiger partial charge in [0.05, 0.1) is 6.61 Å². The molecule has 0 unspecified atom stereocenters. The Morgan fingerprint density at radius 3 is 2.61 bits per heavy atom. The molecular weight excluding hydrogens is 232 g/mol. The van der Waals surface area contributed by atoms with Crippen molar-refractivity contribution >= 4 is 16.9 Å². The molecule has 1 N–H and O–H groups in total. The van der Waals surface area contributed by atoms with E-state index in [4.69, 9.17) is 9.47 Å². The molecule has 0 atom stereocenters. The van der Waals surface area contributed by atoms with Crippen molar-refractivity contribution in [2.45, 2.75) is 13.3 Å². The lowest BCUT2D eigenvalue weighted by atomic mass is 10.1. The van der Waals surface area contributed by atoms with Gasteiger partial charge in [0, 0.05) is 10.8 Å². The molecule has 2 rings (SSSR count). The molecule has 0 heterocycles. The third-order valence-electron chi connectivity index (χ3n) is 2.48. The molecule has 2 aromatic rings. The van der Waals surface area contributed by atoms with E-state index in [1.807, 2.05) is 13.0 Å². The van der Waals surface area contributed by atoms with E-state index in [0.29, 0.717) is 23.1 Å². The maximum Gasteiger partial charge on any atom is 0.513 e. The summed E-state index contributed by atoms with van der Waals surface area (Å²) in [5, 5.41) is 11.0. The highest BCUT2D eigenvalue weighted by Crippen LogP contribution is 2.32. The van der Waals surface area contributed by atoms with Crippen LogP contribution in [-0.2, 0) is 4.74 Å². The molecule has 0 radical (unpaired) electrons. The molecular formula is C14H14O4. The Balaban J connectivity index is 2.29. The van der Waals surface area contributed by atoms with Crippen molar-refractivity contribution in [3.63, 3.8) is 0 Å². The van der Waals surface area contributed by atoms with Crippen LogP contribution in [0.1, 0.15) is 13.3 Å². The van der Waals surface area contributed by atoms with Crippen LogP contribution in [0.5, 0.6) is 11.5 Å². The summed E-state index contributed by atoms with van der Waals surface area (Å²) < 4.78 is 9.96. The fourth-order valence-corrected chi connectivity index (χ4v) is 1.65. The minimum absolute atomic E-state index is 0.153. The molecule has 0 saturated carbocycles. The number of carbonyl (C=O) groups excluding carboxylic acids is 1. The van der Waals surface area contributed by atoms with Crippen LogP contribution in [0.4, 0.5) is 4.79 Å². The van der Waals surface area contributed by atoms with Crippen LogP contribution in [0.2, 0.25) is 0 Å². The second kappa shape index (κ2) is 5.40. The average Bonchev–Trinajstić information content (AvgIpc) is 2.40. The van der Waals surface area contributed by atoms with Gasteiger partial charge in [-0.25, -0.2) is 4.79 Å². The van der Waals surface area contributed by atoms with Gasteiger partial charge in [-0.2, -0.15) is 0 Å². The molecule has 0 bridgehead atoms. The summed E-state index contributed by atoms with van der Waals surface area (Å²) in [4.78, 5) is 11.4. The largest absolute Gasteiger partial charge is 0.513 e. The van der Waals surface area contributed by atoms with Crippen molar-refractivity contribution in [2.24, 2.45) is 0 Å². The number of aromatic hydroxyl groups is 1. The van der Waals surface area contributed by atoms with E-state index in [1.54, 1.807) is 24.3 Å². The fraction of sp³-hybridized carbons (Fsp3) is 0.214. The predicted molar refractivity (Wildman–Crippen MR) is 67.9 cm³/mol. The summed E-state index contributed by atoms with van der Waals surface area (Å²) in [6.45, 7) is 2.23. The highest BCUT2D eigenvalue weighted by molar-refractivity contribution is 5.94. The predicted octanol–water partition coefficient (Wildman–Crippen LogP) is 3.47. The smallest absolute Gasteiger partial charge is 0.507 e. The molecule has 0 aliphatic heterocycles. The van der Waals surface area contributed by atoms with Gasteiger partial charge in [-0.15, -0.1) is 0 Å². The minimum Gasteiger partial charge on any atom is -0.507 e. The number of phenols is 1. The second-order valence-corrected chi connectivity index (χ2v) is 3.83. The summed E-state index contributed by atoms with van der Waals surface area (Å²) in [6, 6.07) is 10.2. The Labute approximate surface area is 105 Å². The Morgan fingerprint density at radius 1 is 1.17 bits per heavy atom. The van der Waals surface area contributed by atoms with Gasteiger partial charge in [0.2, 0.25) is 0 Å². The number of rotatable bonds is 3. The van der Waals surface area contributed by atoms with E-state index in [9.17, 15) is 9.90 Å². The molecule has 18 heavy (non-hydrogen) atoms. The average molecular weight is 246 g/mol. The van der Waals surface area contributed by atoms with Crippen LogP contribution in [0, 0.1) is 0 Å². The van der Waals surface area contributed by atoms with Crippen molar-refractivity contribution in [1.82, 2.24) is 0 Å². The van der Waals surface area contributed by atoms with Crippen LogP contribution >= 0.6 is 0 Å². The first-order chi connectivity index (χ1) is 8.72. The molecule has 0 aliphatic carbocycles. The van der Waals surface area contributed by atoms with Crippen molar-refractivity contribution < 1.29 is 19.4 Å². The van der Waals surface area contributed by atoms with Gasteiger partial charge in [0.1, 0.15) is 11.5 Å². The van der Waals surface area contributed by atoms with Crippen molar-refractivity contribution in [2.75, 3.05) is 6.61 Å². The van der Waals surface area contributed by atoms with E-state index < -0.39 is 6.16 Å². The topological polar surface area (TPSA) is 55.8 Å². The van der Waals surface area contributed by atoms with Crippen molar-refractivity contribution in [1.29, 1.82) is 0 Å². The molecule has 4 heteroatoms. The van der Waals surface area contributed by atoms with Crippen LogP contribution in [0.15, 0.2) is 36.4 Å². The number of fused-ring (bicyclic) bond motifs is 1. The first-order valence-corrected chi connectivity index (χ1v) is 5.77. The molecule has 0 aliphatic rings. The summed E-state index contributed by atoms with van der Waals surface area (Å²) in [5.41, 5.74) is 0. The summed E-state index contributed by atoms with van der Waals surface area (Å²) >= 11 is 0. The number of hydrogen-bond acceptors (Lipinski definition) is 4. The Bertz CT molecular complexity index is 563. The molecule has 4 nitrogen and oxygen atoms in total. The van der Waals surface area contributed by atoms with Crippen LogP contribution in [-0.4, -0.2) is 17.9 Å². The van der Waals surface area contributed by atoms with Crippen LogP contribution < -0.4 is 4.74 Å². The SMILES string of the molecule is CCCOC(=O)Oc1ccc(O)c2ccccc12. The maximum absolute atomic E-state index is 11.4. The lowest BCUT2D eigenvalue weighted by molar-refractivity contribution is 0.0996. The molecule has 94 valence electrons. The summed E-state index contributed by atoms with van der Waals surface area (Å²) in [6.07, 6.45) is 0.0125. The third-order valence-corrected chi connectivity index (χ3v) is 2.48. The normalized spacial score (nSPS) is 10.3. The standard InChI is InChI=1S/C14H14O4/c1-2-9-17-14(16)18-13-8-7-12(15)10-5-3-4-6-11(10)13/h3-8,15H,2,9H2,1H3. The first-order valence-electron chi connectivity index (χ1n) is 5.77. The quantitative estimate of drug-likeness (QED) is 0.665. The molecule has 0 amide bonds. The van der Waals surface area contributed by atoms with Gasteiger partial charge in [-0.3, -0.25) is 0 Å². The molecule has 2 aromatic carbocycles. The minimum atomic E-state index is -0.729. The summed E-state index contributed by atoms with van der Waals surface area (Å²) in [5.74, 6) is 0.532. The molecule has 0 saturated heterocycles. The van der Waals surface area contributed by atoms with Gasteiger partial charge < -0.3 is 14.6 Å². The van der Waals surface area contributed by atoms with Crippen LogP contribution in [0.25, 0.3) is 10.8 Å². The van der Waals surface area contributed by atoms with Gasteiger partial charge in [-0.1, -0.05) is 31.2 Å². The van der Waals surface area contributed by atoms with E-state index >= 15 is 0 Å². The first kappa shape index (κ1) is 12.2. The number of hydrogen-bond donors (Lipinski definition) is 1. The molecule has 0 fully saturated rings.